The molecule has 0 fully saturated rings. The molecule has 4 N–H and O–H groups in total. The molecule has 0 aliphatic rings. The predicted molar refractivity (Wildman–Crippen MR) is 74.7 cm³/mol. The lowest BCUT2D eigenvalue weighted by Gasteiger charge is -2.23. The molecule has 0 aromatic carbocycles. The first-order chi connectivity index (χ1) is 8.70. The van der Waals surface area contributed by atoms with Gasteiger partial charge >= 0.3 is 7.60 Å². The lowest BCUT2D eigenvalue weighted by atomic mass is 10.2. The zero-order valence-corrected chi connectivity index (χ0v) is 13.3. The topological polar surface area (TPSA) is 118 Å². The van der Waals surface area contributed by atoms with E-state index in [1.54, 1.807) is 0 Å². The van der Waals surface area contributed by atoms with Gasteiger partial charge in [-0.15, -0.1) is 0 Å². The van der Waals surface area contributed by atoms with Crippen LogP contribution in [0.25, 0.3) is 0 Å². The van der Waals surface area contributed by atoms with Crippen LogP contribution < -0.4 is 0 Å². The largest absolute Gasteiger partial charge is 0.392 e. The van der Waals surface area contributed by atoms with Crippen molar-refractivity contribution in [3.05, 3.63) is 0 Å². The van der Waals surface area contributed by atoms with Gasteiger partial charge in [-0.1, -0.05) is 19.8 Å². The summed E-state index contributed by atoms with van der Waals surface area (Å²) in [6, 6.07) is 0. The molecule has 116 valence electrons. The Bertz CT molecular complexity index is 321. The fourth-order valence-electron chi connectivity index (χ4n) is 1.79. The van der Waals surface area contributed by atoms with Crippen LogP contribution in [0.4, 0.5) is 0 Å². The van der Waals surface area contributed by atoms with Gasteiger partial charge in [-0.3, -0.25) is 9.13 Å². The van der Waals surface area contributed by atoms with Crippen LogP contribution in [0.15, 0.2) is 0 Å². The number of aliphatic hydroxyl groups is 1. The maximum Gasteiger partial charge on any atom is 0.340 e. The maximum atomic E-state index is 11.1. The molecule has 0 amide bonds. The van der Waals surface area contributed by atoms with E-state index in [4.69, 9.17) is 14.7 Å². The van der Waals surface area contributed by atoms with Gasteiger partial charge in [-0.2, -0.15) is 0 Å². The molecule has 0 aromatic rings. The first-order valence-electron chi connectivity index (χ1n) is 6.34. The summed E-state index contributed by atoms with van der Waals surface area (Å²) in [5.41, 5.74) is 0. The fourth-order valence-corrected chi connectivity index (χ4v) is 4.03. The number of hydrogen-bond acceptors (Lipinski definition) is 4. The number of hydrogen-bond donors (Lipinski definition) is 4. The van der Waals surface area contributed by atoms with Crippen molar-refractivity contribution in [1.82, 2.24) is 4.90 Å². The summed E-state index contributed by atoms with van der Waals surface area (Å²) >= 11 is 0. The number of aliphatic hydroxyl groups excluding tert-OH is 1. The van der Waals surface area contributed by atoms with E-state index >= 15 is 0 Å². The standard InChI is InChI=1S/C10H25NO6P2/c1-3-4-5-7-11(2)8-6-9(12)10(18(13)14)19(15,16)17/h9-10,12,18H,3-8H2,1-2H3,(H,13,14)(H2,15,16,17). The van der Waals surface area contributed by atoms with Crippen LogP contribution in [0.1, 0.15) is 32.6 Å². The Morgan fingerprint density at radius 3 is 2.26 bits per heavy atom. The summed E-state index contributed by atoms with van der Waals surface area (Å²) in [6.07, 6.45) is 1.81. The minimum absolute atomic E-state index is 0.0648. The SMILES string of the molecule is CCCCCN(C)CCC(O)C([PH](=O)O)P(=O)(O)O. The van der Waals surface area contributed by atoms with E-state index in [-0.39, 0.29) is 6.42 Å². The van der Waals surface area contributed by atoms with Gasteiger partial charge in [-0.25, -0.2) is 0 Å². The third-order valence-electron chi connectivity index (χ3n) is 2.93. The van der Waals surface area contributed by atoms with E-state index < -0.39 is 27.1 Å². The molecule has 0 saturated heterocycles. The smallest absolute Gasteiger partial charge is 0.340 e. The van der Waals surface area contributed by atoms with Crippen LogP contribution in [0.5, 0.6) is 0 Å². The molecule has 3 unspecified atom stereocenters. The molecule has 3 atom stereocenters. The van der Waals surface area contributed by atoms with E-state index in [1.165, 1.54) is 0 Å². The monoisotopic (exact) mass is 317 g/mol. The van der Waals surface area contributed by atoms with Gasteiger partial charge in [0.15, 0.2) is 5.40 Å². The third kappa shape index (κ3) is 8.20. The highest BCUT2D eigenvalue weighted by molar-refractivity contribution is 7.65. The van der Waals surface area contributed by atoms with Crippen LogP contribution in [0.3, 0.4) is 0 Å². The zero-order chi connectivity index (χ0) is 15.1. The van der Waals surface area contributed by atoms with Gasteiger partial charge in [0.05, 0.1) is 6.10 Å². The molecule has 0 aliphatic carbocycles. The van der Waals surface area contributed by atoms with E-state index in [0.29, 0.717) is 6.54 Å². The summed E-state index contributed by atoms with van der Waals surface area (Å²) in [6.45, 7) is 3.35. The molecule has 0 aliphatic heterocycles. The van der Waals surface area contributed by atoms with Crippen LogP contribution in [-0.4, -0.2) is 56.3 Å². The molecular formula is C10H25NO6P2. The first kappa shape index (κ1) is 19.3. The van der Waals surface area contributed by atoms with Gasteiger partial charge in [0.25, 0.3) is 0 Å². The maximum absolute atomic E-state index is 11.1. The molecule has 19 heavy (non-hydrogen) atoms. The molecule has 0 heterocycles. The van der Waals surface area contributed by atoms with Crippen LogP contribution in [0, 0.1) is 0 Å². The first-order valence-corrected chi connectivity index (χ1v) is 9.46. The minimum atomic E-state index is -4.76. The molecule has 0 spiro atoms. The minimum Gasteiger partial charge on any atom is -0.392 e. The summed E-state index contributed by atoms with van der Waals surface area (Å²) < 4.78 is 22.0. The predicted octanol–water partition coefficient (Wildman–Crippen LogP) is 0.830. The second-order valence-corrected chi connectivity index (χ2v) is 8.26. The second kappa shape index (κ2) is 9.24. The Balaban J connectivity index is 4.24. The average Bonchev–Trinajstić information content (AvgIpc) is 2.24. The van der Waals surface area contributed by atoms with E-state index in [2.05, 4.69) is 6.92 Å². The van der Waals surface area contributed by atoms with Crippen LogP contribution in [-0.2, 0) is 9.13 Å². The fraction of sp³-hybridized carbons (Fsp3) is 1.00. The van der Waals surface area contributed by atoms with Crippen LogP contribution in [0.2, 0.25) is 0 Å². The average molecular weight is 317 g/mol. The number of unbranched alkanes of at least 4 members (excludes halogenated alkanes) is 2. The van der Waals surface area contributed by atoms with Crippen molar-refractivity contribution in [3.63, 3.8) is 0 Å². The Kier molecular flexibility index (Phi) is 9.37. The number of nitrogens with zero attached hydrogens (tertiary/aromatic N) is 1. The Morgan fingerprint density at radius 2 is 1.84 bits per heavy atom. The Labute approximate surface area is 114 Å². The van der Waals surface area contributed by atoms with E-state index in [0.717, 1.165) is 25.8 Å². The highest BCUT2D eigenvalue weighted by atomic mass is 31.2. The summed E-state index contributed by atoms with van der Waals surface area (Å²) in [5, 5.41) is 7.82. The lowest BCUT2D eigenvalue weighted by molar-refractivity contribution is 0.148. The van der Waals surface area contributed by atoms with Crippen molar-refractivity contribution in [1.29, 1.82) is 0 Å². The Morgan fingerprint density at radius 1 is 1.26 bits per heavy atom. The van der Waals surface area contributed by atoms with Crippen molar-refractivity contribution in [2.75, 3.05) is 20.1 Å². The summed E-state index contributed by atoms with van der Waals surface area (Å²) in [4.78, 5) is 28.8. The quantitative estimate of drug-likeness (QED) is 0.348. The molecule has 0 rings (SSSR count). The van der Waals surface area contributed by atoms with E-state index in [9.17, 15) is 14.2 Å². The molecule has 9 heteroatoms. The molecule has 0 aromatic heterocycles. The summed E-state index contributed by atoms with van der Waals surface area (Å²) in [5.74, 6) is 0. The van der Waals surface area contributed by atoms with E-state index in [1.807, 2.05) is 11.9 Å². The molecule has 0 bridgehead atoms. The highest BCUT2D eigenvalue weighted by Crippen LogP contribution is 2.53. The lowest BCUT2D eigenvalue weighted by Crippen LogP contribution is -2.29. The van der Waals surface area contributed by atoms with Crippen molar-refractivity contribution < 1.29 is 28.9 Å². The van der Waals surface area contributed by atoms with Gasteiger partial charge < -0.3 is 24.7 Å². The highest BCUT2D eigenvalue weighted by Gasteiger charge is 2.39. The van der Waals surface area contributed by atoms with Crippen LogP contribution >= 0.6 is 15.6 Å². The molecular weight excluding hydrogens is 292 g/mol. The molecule has 0 radical (unpaired) electrons. The normalized spacial score (nSPS) is 17.4. The van der Waals surface area contributed by atoms with Gasteiger partial charge in [0.2, 0.25) is 8.03 Å². The zero-order valence-electron chi connectivity index (χ0n) is 11.4. The van der Waals surface area contributed by atoms with Gasteiger partial charge in [-0.05, 0) is 26.4 Å². The Hall–Kier alpha value is 0.260. The summed E-state index contributed by atoms with van der Waals surface area (Å²) in [7, 11) is -6.39. The van der Waals surface area contributed by atoms with Crippen molar-refractivity contribution >= 4 is 15.6 Å². The van der Waals surface area contributed by atoms with Crippen molar-refractivity contribution in [2.45, 2.75) is 44.1 Å². The van der Waals surface area contributed by atoms with Gasteiger partial charge in [0.1, 0.15) is 0 Å². The third-order valence-corrected chi connectivity index (χ3v) is 6.56. The van der Waals surface area contributed by atoms with Crippen molar-refractivity contribution in [2.24, 2.45) is 0 Å². The van der Waals surface area contributed by atoms with Gasteiger partial charge in [0, 0.05) is 6.54 Å². The molecule has 0 saturated carbocycles. The van der Waals surface area contributed by atoms with Crippen molar-refractivity contribution in [3.8, 4) is 0 Å². The number of rotatable bonds is 10. The second-order valence-electron chi connectivity index (χ2n) is 4.74. The molecule has 7 nitrogen and oxygen atoms in total.